The predicted octanol–water partition coefficient (Wildman–Crippen LogP) is 24.8. The monoisotopic (exact) mass is 1940 g/mol. The van der Waals surface area contributed by atoms with E-state index < -0.39 is 46.4 Å². The number of cyclic esters (lactones) is 5. The van der Waals surface area contributed by atoms with Crippen molar-refractivity contribution in [3.63, 3.8) is 0 Å². The molecule has 4 saturated carbocycles. The summed E-state index contributed by atoms with van der Waals surface area (Å²) in [6.45, 7) is 54.0. The van der Waals surface area contributed by atoms with Crippen LogP contribution in [-0.2, 0) is 100 Å². The summed E-state index contributed by atoms with van der Waals surface area (Å²) in [4.78, 5) is 148. The predicted molar refractivity (Wildman–Crippen MR) is 544 cm³/mol. The minimum absolute atomic E-state index is 0.0790. The first-order chi connectivity index (χ1) is 66.0. The van der Waals surface area contributed by atoms with Crippen molar-refractivity contribution < 1.29 is 105 Å². The number of allylic oxidation sites excluding steroid dienone is 10. The van der Waals surface area contributed by atoms with E-state index in [2.05, 4.69) is 140 Å². The van der Waals surface area contributed by atoms with Crippen molar-refractivity contribution in [1.29, 1.82) is 0 Å². The van der Waals surface area contributed by atoms with Crippen molar-refractivity contribution >= 4 is 77.1 Å². The minimum Gasteiger partial charge on any atom is -0.463 e. The van der Waals surface area contributed by atoms with Gasteiger partial charge in [-0.2, -0.15) is 0 Å². The highest BCUT2D eigenvalue weighted by Gasteiger charge is 2.62. The van der Waals surface area contributed by atoms with E-state index in [0.29, 0.717) is 80.4 Å². The van der Waals surface area contributed by atoms with Crippen LogP contribution in [0.4, 0.5) is 5.69 Å². The zero-order valence-corrected chi connectivity index (χ0v) is 88.1. The van der Waals surface area contributed by atoms with Crippen LogP contribution in [0.25, 0.3) is 0 Å². The number of nitrogens with zero attached hydrogens (tertiary/aromatic N) is 1. The van der Waals surface area contributed by atoms with Crippen LogP contribution < -0.4 is 4.90 Å². The van der Waals surface area contributed by atoms with E-state index in [-0.39, 0.29) is 138 Å². The van der Waals surface area contributed by atoms with Gasteiger partial charge in [0.25, 0.3) is 5.91 Å². The Hall–Kier alpha value is -10.3. The molecule has 10 aliphatic rings. The Balaban J connectivity index is 0.000000218. The lowest BCUT2D eigenvalue weighted by Gasteiger charge is -2.45. The molecule has 5 aliphatic carbocycles. The quantitative estimate of drug-likeness (QED) is 0.0373. The summed E-state index contributed by atoms with van der Waals surface area (Å²) in [5, 5.41) is 0. The highest BCUT2D eigenvalue weighted by Crippen LogP contribution is 2.57. The Morgan fingerprint density at radius 1 is 0.436 bits per heavy atom. The van der Waals surface area contributed by atoms with Crippen molar-refractivity contribution in [2.75, 3.05) is 4.90 Å². The summed E-state index contributed by atoms with van der Waals surface area (Å²) in [6, 6.07) is 17.1. The maximum atomic E-state index is 14.0. The molecule has 140 heavy (non-hydrogen) atoms. The lowest BCUT2D eigenvalue weighted by molar-refractivity contribution is -0.157. The molecule has 0 radical (unpaired) electrons. The van der Waals surface area contributed by atoms with E-state index in [1.54, 1.807) is 41.3 Å². The van der Waals surface area contributed by atoms with Crippen LogP contribution in [0.2, 0.25) is 0 Å². The van der Waals surface area contributed by atoms with E-state index in [4.69, 9.17) is 47.4 Å². The molecule has 8 unspecified atom stereocenters. The number of hydrogen-bond donors (Lipinski definition) is 0. The number of carbonyl (C=O) groups is 12. The molecule has 770 valence electrons. The Morgan fingerprint density at radius 3 is 1.31 bits per heavy atom. The minimum atomic E-state index is -1.16. The Labute approximate surface area is 835 Å². The average Bonchev–Trinajstić information content (AvgIpc) is 1.48. The molecule has 5 saturated heterocycles. The summed E-state index contributed by atoms with van der Waals surface area (Å²) in [6.07, 6.45) is 36.6. The second-order valence-corrected chi connectivity index (χ2v) is 43.5. The van der Waals surface area contributed by atoms with Gasteiger partial charge >= 0.3 is 59.7 Å². The van der Waals surface area contributed by atoms with Gasteiger partial charge < -0.3 is 52.3 Å². The largest absolute Gasteiger partial charge is 0.463 e. The maximum absolute atomic E-state index is 14.0. The van der Waals surface area contributed by atoms with Crippen molar-refractivity contribution in [3.8, 4) is 0 Å². The highest BCUT2D eigenvalue weighted by molar-refractivity contribution is 6.07. The molecule has 5 aliphatic heterocycles. The standard InChI is InChI=1S/C33H37NO6.C21H34O4.2C21H32O4.C21H30O4/c1-22(2)12-11-13-23(3)18-30-33(21-31(37)40-30)20-28(39-24(4)35)27(19-29(33)36)34(26-16-9-6-10-17-26)32(38)25-14-7-5-8-15-25;4*1-14(2)7-6-8-15(3)11-19-21(13-20(23)25-19)12-18(24-17(5)22)10-9-16(21)4/h5-10,12,14-18,27-28,30H,11,13,19-21H2,1-4H3;14-15,18-19H,4,6-13H2,1-3,5H3;7,11,16,18-19H,6,8-10,12-13H2,1-5H3;9-10,14-15,18-19H,4,6-8,11-13H2,1-3,5H3;7,11,18-19H,4,6,8-10,12-13H2,1-3,5H3/b23-18+;;15-11+;;15-11+/t27-,28-,30+,33?;15?,18-,19-,21?;16?,18-,19-,21?;15?,18-,19-,21?;18-,19-,21?/m01111/s1. The number of amides is 1. The third kappa shape index (κ3) is 32.9. The summed E-state index contributed by atoms with van der Waals surface area (Å²) in [5.41, 5.74) is 8.80. The molecular weight excluding hydrogens is 1770 g/mol. The van der Waals surface area contributed by atoms with Crippen LogP contribution in [-0.4, -0.2) is 138 Å². The first kappa shape index (κ1) is 115. The second kappa shape index (κ2) is 53.1. The van der Waals surface area contributed by atoms with Crippen LogP contribution in [0.15, 0.2) is 179 Å². The maximum Gasteiger partial charge on any atom is 0.307 e. The van der Waals surface area contributed by atoms with Crippen molar-refractivity contribution in [2.45, 2.75) is 412 Å². The SMILES string of the molecule is C=C1C=C[C@@H](OC(C)=O)CC12CC(=O)O[C@@H]2CC(C)CCCC(C)C.C=C1CC[C@@H](OC(C)=O)CC12CC(=O)O[C@@H]2/C=C(\C)CCC=C(C)C.C=C1CC[C@@H](OC(C)=O)CC12CC(=O)O[C@@H]2CC(C)CCCC(C)C.CC(=O)O[C@@H]1CCC(C)C2(CC(=O)O[C@@H]2/C=C(\C)CCC=C(C)C)C1.CC(=O)O[C@H]1CC2(CC(=O)O[C@@H]2/C=C(\C)CCC=C(C)C)C(=O)C[C@@H]1N(C(=O)c1ccccc1)c1ccccc1. The Morgan fingerprint density at radius 2 is 0.836 bits per heavy atom. The third-order valence-corrected chi connectivity index (χ3v) is 29.8. The van der Waals surface area contributed by atoms with E-state index in [1.165, 1.54) is 88.2 Å². The molecular formula is C117H165NO22. The number of Topliss-reactive ketones (excluding diaryl/α,β-unsaturated/α-hetero) is 1. The molecule has 0 bridgehead atoms. The highest BCUT2D eigenvalue weighted by atomic mass is 16.6. The van der Waals surface area contributed by atoms with Crippen LogP contribution in [0, 0.1) is 56.7 Å². The molecule has 5 heterocycles. The molecule has 2 aromatic rings. The van der Waals surface area contributed by atoms with Gasteiger partial charge in [-0.3, -0.25) is 57.5 Å². The lowest BCUT2D eigenvalue weighted by Crippen LogP contribution is -2.58. The van der Waals surface area contributed by atoms with Gasteiger partial charge in [-0.15, -0.1) is 0 Å². The normalized spacial score (nSPS) is 28.9. The topological polar surface area (TPSA) is 300 Å². The van der Waals surface area contributed by atoms with Gasteiger partial charge in [-0.1, -0.05) is 212 Å². The van der Waals surface area contributed by atoms with Crippen molar-refractivity contribution in [1.82, 2.24) is 0 Å². The second-order valence-electron chi connectivity index (χ2n) is 43.5. The van der Waals surface area contributed by atoms with Crippen LogP contribution in [0.1, 0.15) is 355 Å². The van der Waals surface area contributed by atoms with Gasteiger partial charge in [-0.25, -0.2) is 0 Å². The first-order valence-corrected chi connectivity index (χ1v) is 51.5. The number of rotatable bonds is 32. The van der Waals surface area contributed by atoms with Crippen molar-refractivity contribution in [3.05, 3.63) is 185 Å². The zero-order valence-electron chi connectivity index (χ0n) is 88.1. The molecule has 19 atom stereocenters. The summed E-state index contributed by atoms with van der Waals surface area (Å²) in [5.74, 6) is -0.343. The van der Waals surface area contributed by atoms with Gasteiger partial charge in [0, 0.05) is 86.8 Å². The van der Waals surface area contributed by atoms with Crippen LogP contribution in [0.5, 0.6) is 0 Å². The van der Waals surface area contributed by atoms with Gasteiger partial charge in [0.15, 0.2) is 0 Å². The molecule has 23 nitrogen and oxygen atoms in total. The first-order valence-electron chi connectivity index (χ1n) is 51.5. The fraction of sp³-hybridized carbons (Fsp3) is 0.624. The average molecular weight is 1940 g/mol. The molecule has 0 aromatic heterocycles. The number of ketones is 1. The smallest absolute Gasteiger partial charge is 0.307 e. The summed E-state index contributed by atoms with van der Waals surface area (Å²) >= 11 is 0. The Bertz CT molecular complexity index is 4910. The number of carbonyl (C=O) groups excluding carboxylic acids is 12. The number of anilines is 1. The number of hydrogen-bond acceptors (Lipinski definition) is 22. The molecule has 0 N–H and O–H groups in total. The summed E-state index contributed by atoms with van der Waals surface area (Å²) < 4.78 is 56.0. The molecule has 12 rings (SSSR count). The van der Waals surface area contributed by atoms with Gasteiger partial charge in [0.05, 0.1) is 43.6 Å². The number of para-hydroxylation sites is 1. The zero-order chi connectivity index (χ0) is 103. The van der Waals surface area contributed by atoms with E-state index >= 15 is 0 Å². The van der Waals surface area contributed by atoms with Crippen molar-refractivity contribution in [2.24, 2.45) is 56.7 Å². The number of ether oxygens (including phenoxy) is 10. The lowest BCUT2D eigenvalue weighted by atomic mass is 9.62. The van der Waals surface area contributed by atoms with Gasteiger partial charge in [0.1, 0.15) is 66.8 Å². The molecule has 1 amide bonds. The van der Waals surface area contributed by atoms with Crippen LogP contribution in [0.3, 0.4) is 0 Å². The molecule has 23 heteroatoms. The van der Waals surface area contributed by atoms with Gasteiger partial charge in [0.2, 0.25) is 0 Å². The van der Waals surface area contributed by atoms with Gasteiger partial charge in [-0.05, 0) is 255 Å². The number of benzene rings is 2. The molecule has 5 spiro atoms. The molecule has 2 aromatic carbocycles. The molecule has 9 fully saturated rings. The van der Waals surface area contributed by atoms with Crippen LogP contribution >= 0.6 is 0 Å². The van der Waals surface area contributed by atoms with E-state index in [0.717, 1.165) is 137 Å². The number of esters is 10. The fourth-order valence-electron chi connectivity index (χ4n) is 22.3. The third-order valence-electron chi connectivity index (χ3n) is 29.8. The van der Waals surface area contributed by atoms with E-state index in [1.807, 2.05) is 63.3 Å². The Kier molecular flexibility index (Phi) is 43.6. The summed E-state index contributed by atoms with van der Waals surface area (Å²) in [7, 11) is 0. The fourth-order valence-corrected chi connectivity index (χ4v) is 22.3. The van der Waals surface area contributed by atoms with E-state index in [9.17, 15) is 57.5 Å².